The molecule has 0 heterocycles. The zero-order valence-electron chi connectivity index (χ0n) is 16.2. The van der Waals surface area contributed by atoms with Crippen molar-refractivity contribution in [1.29, 1.82) is 0 Å². The quantitative estimate of drug-likeness (QED) is 0.362. The van der Waals surface area contributed by atoms with Gasteiger partial charge < -0.3 is 0 Å². The van der Waals surface area contributed by atoms with Gasteiger partial charge in [0.05, 0.1) is 0 Å². The summed E-state index contributed by atoms with van der Waals surface area (Å²) in [6, 6.07) is 33.8. The van der Waals surface area contributed by atoms with Gasteiger partial charge in [0.15, 0.2) is 0 Å². The van der Waals surface area contributed by atoms with Crippen LogP contribution in [0.4, 0.5) is 0 Å². The van der Waals surface area contributed by atoms with Gasteiger partial charge in [0.1, 0.15) is 0 Å². The molecule has 5 rings (SSSR count). The lowest BCUT2D eigenvalue weighted by molar-refractivity contribution is 0.416. The van der Waals surface area contributed by atoms with Crippen LogP contribution in [0, 0.1) is 5.92 Å². The molecule has 0 radical (unpaired) electrons. The van der Waals surface area contributed by atoms with E-state index < -0.39 is 7.92 Å². The number of hydrogen-bond acceptors (Lipinski definition) is 0. The standard InChI is InChI=1S/C27H27P/c1-4-12-21(13-5-1)27-25-19-11-10-14-22(25)20-26(27)28(23-15-6-2-7-16-23)24-17-8-3-9-18-24/h1-9,12-13,15-18,20,25-27H,10-11,14,19H2/t25-,26+,27?/m0/s1. The maximum atomic E-state index is 2.70. The fraction of sp³-hybridized carbons (Fsp3) is 0.259. The van der Waals surface area contributed by atoms with Crippen LogP contribution in [0.25, 0.3) is 0 Å². The molecule has 3 aromatic carbocycles. The lowest BCUT2D eigenvalue weighted by atomic mass is 9.77. The van der Waals surface area contributed by atoms with Crippen LogP contribution in [0.5, 0.6) is 0 Å². The van der Waals surface area contributed by atoms with Gasteiger partial charge in [0.2, 0.25) is 0 Å². The molecule has 0 nitrogen and oxygen atoms in total. The van der Waals surface area contributed by atoms with Gasteiger partial charge in [0.25, 0.3) is 0 Å². The molecule has 0 spiro atoms. The van der Waals surface area contributed by atoms with Crippen molar-refractivity contribution in [2.24, 2.45) is 5.92 Å². The molecule has 2 aliphatic rings. The Labute approximate surface area is 170 Å². The van der Waals surface area contributed by atoms with Crippen LogP contribution < -0.4 is 10.6 Å². The van der Waals surface area contributed by atoms with Gasteiger partial charge in [-0.15, -0.1) is 0 Å². The smallest absolute Gasteiger partial charge is 0.0128 e. The summed E-state index contributed by atoms with van der Waals surface area (Å²) in [5, 5.41) is 3.01. The van der Waals surface area contributed by atoms with Crippen molar-refractivity contribution in [2.75, 3.05) is 0 Å². The first-order valence-corrected chi connectivity index (χ1v) is 12.0. The fourth-order valence-corrected chi connectivity index (χ4v) is 8.27. The highest BCUT2D eigenvalue weighted by Crippen LogP contribution is 2.57. The Morgan fingerprint density at radius 1 is 0.643 bits per heavy atom. The summed E-state index contributed by atoms with van der Waals surface area (Å²) in [4.78, 5) is 0. The van der Waals surface area contributed by atoms with Crippen LogP contribution in [0.3, 0.4) is 0 Å². The van der Waals surface area contributed by atoms with Crippen LogP contribution in [0.1, 0.15) is 37.2 Å². The second-order valence-electron chi connectivity index (χ2n) is 8.06. The third kappa shape index (κ3) is 3.36. The van der Waals surface area contributed by atoms with Crippen molar-refractivity contribution in [2.45, 2.75) is 37.3 Å². The number of rotatable bonds is 4. The molecule has 0 aromatic heterocycles. The second kappa shape index (κ2) is 8.06. The minimum atomic E-state index is -0.428. The van der Waals surface area contributed by atoms with Gasteiger partial charge in [-0.25, -0.2) is 0 Å². The van der Waals surface area contributed by atoms with Crippen molar-refractivity contribution >= 4 is 18.5 Å². The Kier molecular flexibility index (Phi) is 5.15. The highest BCUT2D eigenvalue weighted by Gasteiger charge is 2.42. The van der Waals surface area contributed by atoms with Gasteiger partial charge in [-0.3, -0.25) is 0 Å². The van der Waals surface area contributed by atoms with E-state index in [-0.39, 0.29) is 0 Å². The first-order chi connectivity index (χ1) is 13.9. The van der Waals surface area contributed by atoms with E-state index in [2.05, 4.69) is 97.1 Å². The highest BCUT2D eigenvalue weighted by molar-refractivity contribution is 7.73. The van der Waals surface area contributed by atoms with E-state index >= 15 is 0 Å². The molecule has 1 unspecified atom stereocenters. The first-order valence-electron chi connectivity index (χ1n) is 10.6. The van der Waals surface area contributed by atoms with Crippen molar-refractivity contribution in [3.8, 4) is 0 Å². The zero-order chi connectivity index (χ0) is 18.8. The lowest BCUT2D eigenvalue weighted by Crippen LogP contribution is -2.26. The molecule has 2 aliphatic carbocycles. The molecule has 3 atom stereocenters. The molecule has 0 amide bonds. The molecule has 0 aliphatic heterocycles. The summed E-state index contributed by atoms with van der Waals surface area (Å²) in [5.74, 6) is 1.35. The number of fused-ring (bicyclic) bond motifs is 1. The topological polar surface area (TPSA) is 0 Å². The van der Waals surface area contributed by atoms with Crippen molar-refractivity contribution < 1.29 is 0 Å². The Balaban J connectivity index is 1.64. The van der Waals surface area contributed by atoms with Gasteiger partial charge in [-0.05, 0) is 49.3 Å². The van der Waals surface area contributed by atoms with Gasteiger partial charge in [0, 0.05) is 11.6 Å². The normalized spacial score (nSPS) is 24.0. The van der Waals surface area contributed by atoms with E-state index in [0.717, 1.165) is 5.92 Å². The molecule has 1 fully saturated rings. The molecule has 0 N–H and O–H groups in total. The largest absolute Gasteiger partial charge is 0.0763 e. The van der Waals surface area contributed by atoms with Gasteiger partial charge >= 0.3 is 0 Å². The molecule has 3 aromatic rings. The Hall–Kier alpha value is -2.17. The predicted molar refractivity (Wildman–Crippen MR) is 122 cm³/mol. The maximum Gasteiger partial charge on any atom is 0.0128 e. The first kappa shape index (κ1) is 17.9. The second-order valence-corrected chi connectivity index (χ2v) is 10.4. The SMILES string of the molecule is C1=C2CCCC[C@@H]2C(c2ccccc2)[C@@H]1P(c1ccccc1)c1ccccc1. The van der Waals surface area contributed by atoms with Crippen LogP contribution >= 0.6 is 7.92 Å². The third-order valence-corrected chi connectivity index (χ3v) is 9.22. The predicted octanol–water partition coefficient (Wildman–Crippen LogP) is 6.40. The van der Waals surface area contributed by atoms with Crippen LogP contribution in [-0.2, 0) is 0 Å². The Bertz CT molecular complexity index is 890. The van der Waals surface area contributed by atoms with E-state index in [4.69, 9.17) is 0 Å². The molecule has 1 heteroatoms. The Morgan fingerprint density at radius 2 is 1.21 bits per heavy atom. The summed E-state index contributed by atoms with van der Waals surface area (Å²) in [7, 11) is -0.428. The number of benzene rings is 3. The average molecular weight is 382 g/mol. The van der Waals surface area contributed by atoms with Crippen molar-refractivity contribution in [1.82, 2.24) is 0 Å². The summed E-state index contributed by atoms with van der Waals surface area (Å²) in [6.45, 7) is 0. The molecular weight excluding hydrogens is 355 g/mol. The molecule has 0 bridgehead atoms. The fourth-order valence-electron chi connectivity index (χ4n) is 5.25. The molecule has 140 valence electrons. The van der Waals surface area contributed by atoms with Gasteiger partial charge in [-0.1, -0.05) is 109 Å². The number of allylic oxidation sites excluding steroid dienone is 2. The molecule has 28 heavy (non-hydrogen) atoms. The van der Waals surface area contributed by atoms with E-state index in [9.17, 15) is 0 Å². The number of hydrogen-bond donors (Lipinski definition) is 0. The van der Waals surface area contributed by atoms with E-state index in [0.29, 0.717) is 11.6 Å². The van der Waals surface area contributed by atoms with Crippen molar-refractivity contribution in [3.63, 3.8) is 0 Å². The summed E-state index contributed by atoms with van der Waals surface area (Å²) < 4.78 is 0. The molecule has 1 saturated carbocycles. The molecular formula is C27H27P. The minimum Gasteiger partial charge on any atom is -0.0763 e. The van der Waals surface area contributed by atoms with E-state index in [1.165, 1.54) is 41.9 Å². The zero-order valence-corrected chi connectivity index (χ0v) is 17.1. The minimum absolute atomic E-state index is 0.428. The van der Waals surface area contributed by atoms with Crippen LogP contribution in [0.15, 0.2) is 103 Å². The Morgan fingerprint density at radius 3 is 1.82 bits per heavy atom. The summed E-state index contributed by atoms with van der Waals surface area (Å²) in [5.41, 5.74) is 3.86. The van der Waals surface area contributed by atoms with Gasteiger partial charge in [-0.2, -0.15) is 0 Å². The van der Waals surface area contributed by atoms with E-state index in [1.54, 1.807) is 5.57 Å². The van der Waals surface area contributed by atoms with E-state index in [1.807, 2.05) is 0 Å². The summed E-state index contributed by atoms with van der Waals surface area (Å²) >= 11 is 0. The molecule has 0 saturated heterocycles. The lowest BCUT2D eigenvalue weighted by Gasteiger charge is -2.34. The van der Waals surface area contributed by atoms with Crippen molar-refractivity contribution in [3.05, 3.63) is 108 Å². The highest BCUT2D eigenvalue weighted by atomic mass is 31.1. The summed E-state index contributed by atoms with van der Waals surface area (Å²) in [6.07, 6.45) is 8.11. The third-order valence-electron chi connectivity index (χ3n) is 6.44. The van der Waals surface area contributed by atoms with Crippen LogP contribution in [0.2, 0.25) is 0 Å². The average Bonchev–Trinajstić information content (AvgIpc) is 3.15. The maximum absolute atomic E-state index is 2.70. The monoisotopic (exact) mass is 382 g/mol. The van der Waals surface area contributed by atoms with Crippen LogP contribution in [-0.4, -0.2) is 5.66 Å².